The summed E-state index contributed by atoms with van der Waals surface area (Å²) in [4.78, 5) is 19.7. The third-order valence-electron chi connectivity index (χ3n) is 6.46. The molecule has 4 rings (SSSR count). The number of aryl methyl sites for hydroxylation is 1. The Labute approximate surface area is 197 Å². The minimum Gasteiger partial charge on any atom is -0.440 e. The van der Waals surface area contributed by atoms with Crippen LogP contribution in [0.25, 0.3) is 22.6 Å². The SMILES string of the molecule is CC1CCCCN1CCCCNC(=O)CCc1nc(-c2ccccc2)c(-c2ccccc2)o1. The highest BCUT2D eigenvalue weighted by atomic mass is 16.4. The van der Waals surface area contributed by atoms with Crippen molar-refractivity contribution >= 4 is 5.91 Å². The van der Waals surface area contributed by atoms with Gasteiger partial charge in [-0.25, -0.2) is 4.98 Å². The van der Waals surface area contributed by atoms with Crippen LogP contribution in [0.3, 0.4) is 0 Å². The smallest absolute Gasteiger partial charge is 0.220 e. The summed E-state index contributed by atoms with van der Waals surface area (Å²) in [6.45, 7) is 5.42. The van der Waals surface area contributed by atoms with Crippen LogP contribution in [0.1, 0.15) is 51.3 Å². The van der Waals surface area contributed by atoms with Crippen molar-refractivity contribution in [2.24, 2.45) is 0 Å². The lowest BCUT2D eigenvalue weighted by atomic mass is 10.0. The Morgan fingerprint density at radius 3 is 2.48 bits per heavy atom. The first-order valence-corrected chi connectivity index (χ1v) is 12.3. The van der Waals surface area contributed by atoms with Gasteiger partial charge in [-0.3, -0.25) is 4.79 Å². The van der Waals surface area contributed by atoms with Crippen LogP contribution in [-0.4, -0.2) is 41.5 Å². The number of nitrogens with zero attached hydrogens (tertiary/aromatic N) is 2. The second kappa shape index (κ2) is 11.8. The maximum absolute atomic E-state index is 12.4. The van der Waals surface area contributed by atoms with Gasteiger partial charge in [-0.05, 0) is 45.7 Å². The first-order valence-electron chi connectivity index (χ1n) is 12.3. The monoisotopic (exact) mass is 445 g/mol. The predicted molar refractivity (Wildman–Crippen MR) is 133 cm³/mol. The summed E-state index contributed by atoms with van der Waals surface area (Å²) in [6, 6.07) is 20.8. The van der Waals surface area contributed by atoms with Crippen LogP contribution < -0.4 is 5.32 Å². The van der Waals surface area contributed by atoms with Crippen LogP contribution in [0.4, 0.5) is 0 Å². The summed E-state index contributed by atoms with van der Waals surface area (Å²) in [5.41, 5.74) is 2.82. The molecule has 0 saturated carbocycles. The molecule has 1 saturated heterocycles. The second-order valence-corrected chi connectivity index (χ2v) is 8.96. The number of aromatic nitrogens is 1. The van der Waals surface area contributed by atoms with Gasteiger partial charge in [-0.15, -0.1) is 0 Å². The number of oxazole rings is 1. The van der Waals surface area contributed by atoms with E-state index in [0.717, 1.165) is 48.5 Å². The average Bonchev–Trinajstić information content (AvgIpc) is 3.29. The Kier molecular flexibility index (Phi) is 8.31. The fourth-order valence-electron chi connectivity index (χ4n) is 4.51. The molecule has 0 bridgehead atoms. The van der Waals surface area contributed by atoms with Crippen molar-refractivity contribution in [1.82, 2.24) is 15.2 Å². The van der Waals surface area contributed by atoms with Crippen LogP contribution in [0.5, 0.6) is 0 Å². The van der Waals surface area contributed by atoms with Gasteiger partial charge in [0.25, 0.3) is 0 Å². The number of likely N-dealkylation sites (tertiary alicyclic amines) is 1. The van der Waals surface area contributed by atoms with E-state index in [1.807, 2.05) is 60.7 Å². The van der Waals surface area contributed by atoms with E-state index in [4.69, 9.17) is 9.40 Å². The molecule has 1 aromatic heterocycles. The zero-order valence-electron chi connectivity index (χ0n) is 19.6. The molecule has 1 N–H and O–H groups in total. The van der Waals surface area contributed by atoms with E-state index in [0.29, 0.717) is 24.8 Å². The van der Waals surface area contributed by atoms with E-state index in [1.165, 1.54) is 25.8 Å². The molecule has 33 heavy (non-hydrogen) atoms. The summed E-state index contributed by atoms with van der Waals surface area (Å²) >= 11 is 0. The molecule has 0 radical (unpaired) electrons. The van der Waals surface area contributed by atoms with Crippen molar-refractivity contribution in [3.63, 3.8) is 0 Å². The predicted octanol–water partition coefficient (Wildman–Crippen LogP) is 5.71. The van der Waals surface area contributed by atoms with E-state index in [9.17, 15) is 4.79 Å². The normalized spacial score (nSPS) is 16.6. The number of unbranched alkanes of at least 4 members (excludes halogenated alkanes) is 1. The van der Waals surface area contributed by atoms with E-state index >= 15 is 0 Å². The molecule has 0 spiro atoms. The Balaban J connectivity index is 1.27. The Hall–Kier alpha value is -2.92. The van der Waals surface area contributed by atoms with E-state index in [-0.39, 0.29) is 5.91 Å². The average molecular weight is 446 g/mol. The lowest BCUT2D eigenvalue weighted by molar-refractivity contribution is -0.121. The van der Waals surface area contributed by atoms with Crippen LogP contribution in [0.15, 0.2) is 65.1 Å². The quantitative estimate of drug-likeness (QED) is 0.406. The topological polar surface area (TPSA) is 58.4 Å². The zero-order chi connectivity index (χ0) is 22.9. The molecule has 5 nitrogen and oxygen atoms in total. The number of carbonyl (C=O) groups excluding carboxylic acids is 1. The number of hydrogen-bond acceptors (Lipinski definition) is 4. The highest BCUT2D eigenvalue weighted by Gasteiger charge is 2.18. The minimum atomic E-state index is 0.0575. The molecule has 2 heterocycles. The van der Waals surface area contributed by atoms with Gasteiger partial charge in [0.2, 0.25) is 5.91 Å². The number of piperidine rings is 1. The maximum atomic E-state index is 12.4. The first-order chi connectivity index (χ1) is 16.2. The van der Waals surface area contributed by atoms with Crippen LogP contribution >= 0.6 is 0 Å². The van der Waals surface area contributed by atoms with Crippen molar-refractivity contribution in [1.29, 1.82) is 0 Å². The highest BCUT2D eigenvalue weighted by Crippen LogP contribution is 2.32. The van der Waals surface area contributed by atoms with E-state index < -0.39 is 0 Å². The molecule has 0 aliphatic carbocycles. The molecule has 1 unspecified atom stereocenters. The van der Waals surface area contributed by atoms with Crippen LogP contribution in [0, 0.1) is 0 Å². The molecule has 2 aromatic carbocycles. The van der Waals surface area contributed by atoms with Gasteiger partial charge < -0.3 is 14.6 Å². The molecule has 1 amide bonds. The lowest BCUT2D eigenvalue weighted by Gasteiger charge is -2.33. The number of amides is 1. The molecular weight excluding hydrogens is 410 g/mol. The van der Waals surface area contributed by atoms with Gasteiger partial charge in [-0.1, -0.05) is 67.1 Å². The number of carbonyl (C=O) groups is 1. The van der Waals surface area contributed by atoms with Gasteiger partial charge >= 0.3 is 0 Å². The molecule has 1 fully saturated rings. The summed E-state index contributed by atoms with van der Waals surface area (Å²) in [5, 5.41) is 3.06. The summed E-state index contributed by atoms with van der Waals surface area (Å²) in [6.07, 6.45) is 7.01. The Bertz CT molecular complexity index is 943. The molecule has 1 atom stereocenters. The standard InChI is InChI=1S/C28H35N3O2/c1-22-12-8-10-20-31(22)21-11-9-19-29-25(32)17-18-26-30-27(23-13-4-2-5-14-23)28(33-26)24-15-6-3-7-16-24/h2-7,13-16,22H,8-12,17-21H2,1H3,(H,29,32). The van der Waals surface area contributed by atoms with Crippen molar-refractivity contribution in [3.8, 4) is 22.6 Å². The van der Waals surface area contributed by atoms with Crippen molar-refractivity contribution in [2.45, 2.75) is 57.9 Å². The highest BCUT2D eigenvalue weighted by molar-refractivity contribution is 5.77. The molecule has 1 aliphatic heterocycles. The van der Waals surface area contributed by atoms with E-state index in [1.54, 1.807) is 0 Å². The molecule has 174 valence electrons. The fourth-order valence-corrected chi connectivity index (χ4v) is 4.51. The maximum Gasteiger partial charge on any atom is 0.220 e. The Morgan fingerprint density at radius 2 is 1.76 bits per heavy atom. The first kappa shape index (κ1) is 23.2. The molecule has 3 aromatic rings. The van der Waals surface area contributed by atoms with Gasteiger partial charge in [0.15, 0.2) is 11.7 Å². The van der Waals surface area contributed by atoms with Crippen molar-refractivity contribution in [2.75, 3.05) is 19.6 Å². The minimum absolute atomic E-state index is 0.0575. The van der Waals surface area contributed by atoms with Gasteiger partial charge in [0, 0.05) is 36.6 Å². The second-order valence-electron chi connectivity index (χ2n) is 8.96. The number of rotatable bonds is 10. The van der Waals surface area contributed by atoms with Gasteiger partial charge in [0.05, 0.1) is 0 Å². The van der Waals surface area contributed by atoms with Crippen LogP contribution in [0.2, 0.25) is 0 Å². The number of nitrogens with one attached hydrogen (secondary N) is 1. The number of hydrogen-bond donors (Lipinski definition) is 1. The van der Waals surface area contributed by atoms with Crippen molar-refractivity contribution < 1.29 is 9.21 Å². The molecule has 1 aliphatic rings. The van der Waals surface area contributed by atoms with Crippen molar-refractivity contribution in [3.05, 3.63) is 66.6 Å². The van der Waals surface area contributed by atoms with Crippen LogP contribution in [-0.2, 0) is 11.2 Å². The third-order valence-corrected chi connectivity index (χ3v) is 6.46. The third kappa shape index (κ3) is 6.55. The molecular formula is C28H35N3O2. The Morgan fingerprint density at radius 1 is 1.03 bits per heavy atom. The number of benzene rings is 2. The summed E-state index contributed by atoms with van der Waals surface area (Å²) < 4.78 is 6.13. The lowest BCUT2D eigenvalue weighted by Crippen LogP contribution is -2.38. The van der Waals surface area contributed by atoms with Gasteiger partial charge in [0.1, 0.15) is 5.69 Å². The largest absolute Gasteiger partial charge is 0.440 e. The van der Waals surface area contributed by atoms with E-state index in [2.05, 4.69) is 17.1 Å². The molecule has 5 heteroatoms. The summed E-state index contributed by atoms with van der Waals surface area (Å²) in [5.74, 6) is 1.41. The summed E-state index contributed by atoms with van der Waals surface area (Å²) in [7, 11) is 0. The van der Waals surface area contributed by atoms with Gasteiger partial charge in [-0.2, -0.15) is 0 Å². The fraction of sp³-hybridized carbons (Fsp3) is 0.429. The zero-order valence-corrected chi connectivity index (χ0v) is 19.6.